The predicted octanol–water partition coefficient (Wildman–Crippen LogP) is 8.11. The van der Waals surface area contributed by atoms with Gasteiger partial charge in [-0.1, -0.05) is 71.9 Å². The van der Waals surface area contributed by atoms with Gasteiger partial charge in [0.05, 0.1) is 31.8 Å². The van der Waals surface area contributed by atoms with Gasteiger partial charge in [0, 0.05) is 6.42 Å². The Labute approximate surface area is 223 Å². The molecule has 0 unspecified atom stereocenters. The smallest absolute Gasteiger partial charge is 0.308 e. The number of benzene rings is 1. The third kappa shape index (κ3) is 11.6. The normalized spacial score (nSPS) is 15.5. The molecule has 0 spiro atoms. The highest BCUT2D eigenvalue weighted by atomic mass is 28.4. The minimum atomic E-state index is -2.13. The third-order valence-electron chi connectivity index (χ3n) is 7.29. The fourth-order valence-electron chi connectivity index (χ4n) is 3.25. The Morgan fingerprint density at radius 3 is 1.69 bits per heavy atom. The van der Waals surface area contributed by atoms with E-state index in [1.807, 2.05) is 39.0 Å². The van der Waals surface area contributed by atoms with Crippen molar-refractivity contribution < 1.29 is 23.1 Å². The van der Waals surface area contributed by atoms with Crippen LogP contribution < -0.4 is 0 Å². The number of carbonyl (C=O) groups is 1. The molecular weight excluding hydrogens is 484 g/mol. The van der Waals surface area contributed by atoms with Crippen LogP contribution in [0.3, 0.4) is 0 Å². The molecule has 7 heteroatoms. The maximum atomic E-state index is 12.9. The standard InChI is InChI=1S/C29H54O5Si2/c1-27(2,3)32-26(30)20-24(33-35(10,11)28(4,5)6)19-25(34-36(12,13)29(7,8)9)22-31-21-23-17-15-14-16-18-23/h14-18,24-25H,19-22H2,1-13H3/t24-,25+/m0/s1. The summed E-state index contributed by atoms with van der Waals surface area (Å²) in [5, 5.41) is 0.0877. The number of esters is 1. The van der Waals surface area contributed by atoms with Crippen LogP contribution in [0.5, 0.6) is 0 Å². The second-order valence-electron chi connectivity index (χ2n) is 14.0. The first-order chi connectivity index (χ1) is 16.1. The lowest BCUT2D eigenvalue weighted by atomic mass is 10.1. The van der Waals surface area contributed by atoms with Gasteiger partial charge >= 0.3 is 5.97 Å². The molecule has 0 aliphatic carbocycles. The Morgan fingerprint density at radius 1 is 0.778 bits per heavy atom. The van der Waals surface area contributed by atoms with Gasteiger partial charge in [0.25, 0.3) is 0 Å². The predicted molar refractivity (Wildman–Crippen MR) is 155 cm³/mol. The molecule has 36 heavy (non-hydrogen) atoms. The van der Waals surface area contributed by atoms with Crippen LogP contribution in [0.2, 0.25) is 36.3 Å². The van der Waals surface area contributed by atoms with Crippen molar-refractivity contribution in [3.8, 4) is 0 Å². The molecule has 1 aromatic rings. The zero-order valence-electron chi connectivity index (χ0n) is 25.4. The van der Waals surface area contributed by atoms with E-state index in [1.165, 1.54) is 0 Å². The SMILES string of the molecule is CC(C)(C)OC(=O)C[C@H](C[C@H](COCc1ccccc1)O[Si](C)(C)C(C)(C)C)O[Si](C)(C)C(C)(C)C. The summed E-state index contributed by atoms with van der Waals surface area (Å²) in [6.45, 7) is 29.0. The molecule has 0 saturated heterocycles. The molecule has 0 radical (unpaired) electrons. The Bertz CT molecular complexity index is 802. The van der Waals surface area contributed by atoms with Gasteiger partial charge in [-0.2, -0.15) is 0 Å². The van der Waals surface area contributed by atoms with Crippen molar-refractivity contribution in [1.82, 2.24) is 0 Å². The van der Waals surface area contributed by atoms with Crippen molar-refractivity contribution in [3.05, 3.63) is 35.9 Å². The van der Waals surface area contributed by atoms with E-state index in [4.69, 9.17) is 18.3 Å². The maximum Gasteiger partial charge on any atom is 0.308 e. The summed E-state index contributed by atoms with van der Waals surface area (Å²) in [6.07, 6.45) is 0.329. The summed E-state index contributed by atoms with van der Waals surface area (Å²) in [5.41, 5.74) is 0.598. The van der Waals surface area contributed by atoms with E-state index in [2.05, 4.69) is 79.9 Å². The minimum absolute atomic E-state index is 0.0266. The fourth-order valence-corrected chi connectivity index (χ4v) is 5.97. The van der Waals surface area contributed by atoms with Crippen LogP contribution in [0.15, 0.2) is 30.3 Å². The summed E-state index contributed by atoms with van der Waals surface area (Å²) < 4.78 is 25.5. The summed E-state index contributed by atoms with van der Waals surface area (Å²) >= 11 is 0. The lowest BCUT2D eigenvalue weighted by Crippen LogP contribution is -2.48. The topological polar surface area (TPSA) is 54.0 Å². The van der Waals surface area contributed by atoms with Crippen molar-refractivity contribution >= 4 is 22.6 Å². The molecule has 208 valence electrons. The third-order valence-corrected chi connectivity index (χ3v) is 16.4. The fraction of sp³-hybridized carbons (Fsp3) is 0.759. The van der Waals surface area contributed by atoms with Gasteiger partial charge in [-0.05, 0) is 62.6 Å². The van der Waals surface area contributed by atoms with E-state index >= 15 is 0 Å². The highest BCUT2D eigenvalue weighted by molar-refractivity contribution is 6.74. The molecule has 0 aromatic heterocycles. The van der Waals surface area contributed by atoms with Crippen LogP contribution in [-0.4, -0.2) is 47.0 Å². The van der Waals surface area contributed by atoms with Crippen molar-refractivity contribution in [2.45, 2.75) is 136 Å². The Hall–Kier alpha value is -0.996. The van der Waals surface area contributed by atoms with E-state index in [9.17, 15) is 4.79 Å². The van der Waals surface area contributed by atoms with Crippen LogP contribution >= 0.6 is 0 Å². The first kappa shape index (κ1) is 33.0. The lowest BCUT2D eigenvalue weighted by molar-refractivity contribution is -0.157. The zero-order chi connectivity index (χ0) is 28.0. The molecule has 5 nitrogen and oxygen atoms in total. The van der Waals surface area contributed by atoms with E-state index < -0.39 is 22.2 Å². The summed E-state index contributed by atoms with van der Waals surface area (Å²) in [6, 6.07) is 10.2. The largest absolute Gasteiger partial charge is 0.460 e. The van der Waals surface area contributed by atoms with Crippen LogP contribution in [-0.2, 0) is 29.7 Å². The average molecular weight is 539 g/mol. The second-order valence-corrected chi connectivity index (χ2v) is 23.5. The van der Waals surface area contributed by atoms with Crippen LogP contribution in [0.4, 0.5) is 0 Å². The number of hydrogen-bond donors (Lipinski definition) is 0. The van der Waals surface area contributed by atoms with Gasteiger partial charge in [0.1, 0.15) is 5.60 Å². The Kier molecular flexibility index (Phi) is 11.7. The molecule has 0 N–H and O–H groups in total. The minimum Gasteiger partial charge on any atom is -0.460 e. The number of hydrogen-bond acceptors (Lipinski definition) is 5. The highest BCUT2D eigenvalue weighted by Gasteiger charge is 2.42. The summed E-state index contributed by atoms with van der Waals surface area (Å²) in [4.78, 5) is 12.9. The van der Waals surface area contributed by atoms with Gasteiger partial charge < -0.3 is 18.3 Å². The molecule has 2 atom stereocenters. The van der Waals surface area contributed by atoms with Crippen LogP contribution in [0, 0.1) is 0 Å². The molecule has 0 aliphatic rings. The first-order valence-corrected chi connectivity index (χ1v) is 19.1. The summed E-state index contributed by atoms with van der Waals surface area (Å²) in [5.74, 6) is -0.234. The number of rotatable bonds is 12. The molecule has 0 saturated carbocycles. The van der Waals surface area contributed by atoms with Crippen molar-refractivity contribution in [2.75, 3.05) is 6.61 Å². The molecular formula is C29H54O5Si2. The monoisotopic (exact) mass is 538 g/mol. The lowest BCUT2D eigenvalue weighted by Gasteiger charge is -2.42. The summed E-state index contributed by atoms with van der Waals surface area (Å²) in [7, 11) is -4.21. The molecule has 0 bridgehead atoms. The molecule has 1 rings (SSSR count). The quantitative estimate of drug-likeness (QED) is 0.199. The molecule has 0 fully saturated rings. The molecule has 0 aliphatic heterocycles. The van der Waals surface area contributed by atoms with E-state index in [1.54, 1.807) is 0 Å². The zero-order valence-corrected chi connectivity index (χ0v) is 27.4. The highest BCUT2D eigenvalue weighted by Crippen LogP contribution is 2.40. The van der Waals surface area contributed by atoms with E-state index in [-0.39, 0.29) is 34.7 Å². The van der Waals surface area contributed by atoms with E-state index in [0.29, 0.717) is 19.6 Å². The Balaban J connectivity index is 3.15. The van der Waals surface area contributed by atoms with Crippen LogP contribution in [0.25, 0.3) is 0 Å². The van der Waals surface area contributed by atoms with Crippen molar-refractivity contribution in [3.63, 3.8) is 0 Å². The van der Waals surface area contributed by atoms with Gasteiger partial charge in [-0.25, -0.2) is 0 Å². The first-order valence-electron chi connectivity index (χ1n) is 13.3. The van der Waals surface area contributed by atoms with Gasteiger partial charge in [-0.15, -0.1) is 0 Å². The van der Waals surface area contributed by atoms with Gasteiger partial charge in [0.2, 0.25) is 0 Å². The molecule has 0 heterocycles. The molecule has 0 amide bonds. The van der Waals surface area contributed by atoms with Gasteiger partial charge in [-0.3, -0.25) is 4.79 Å². The van der Waals surface area contributed by atoms with Gasteiger partial charge in [0.15, 0.2) is 16.6 Å². The van der Waals surface area contributed by atoms with Crippen molar-refractivity contribution in [1.29, 1.82) is 0 Å². The Morgan fingerprint density at radius 2 is 1.25 bits per heavy atom. The average Bonchev–Trinajstić information content (AvgIpc) is 2.64. The van der Waals surface area contributed by atoms with Crippen molar-refractivity contribution in [2.24, 2.45) is 0 Å². The maximum absolute atomic E-state index is 12.9. The molecule has 1 aromatic carbocycles. The van der Waals surface area contributed by atoms with Crippen LogP contribution in [0.1, 0.15) is 80.7 Å². The number of ether oxygens (including phenoxy) is 2. The number of carbonyl (C=O) groups excluding carboxylic acids is 1. The second kappa shape index (κ2) is 12.7. The van der Waals surface area contributed by atoms with E-state index in [0.717, 1.165) is 5.56 Å².